The van der Waals surface area contributed by atoms with Gasteiger partial charge in [-0.05, 0) is 13.5 Å². The fourth-order valence-electron chi connectivity index (χ4n) is 1.29. The number of thiazole rings is 1. The zero-order chi connectivity index (χ0) is 10.8. The molecule has 0 fully saturated rings. The molecule has 14 heavy (non-hydrogen) atoms. The molecule has 1 rings (SSSR count). The zero-order valence-corrected chi connectivity index (χ0v) is 10.5. The highest BCUT2D eigenvalue weighted by Gasteiger charge is 2.19. The first-order valence-electron chi connectivity index (χ1n) is 5.12. The van der Waals surface area contributed by atoms with Crippen molar-refractivity contribution in [2.24, 2.45) is 0 Å². The summed E-state index contributed by atoms with van der Waals surface area (Å²) in [5.41, 5.74) is 1.37. The smallest absolute Gasteiger partial charge is 0.110 e. The number of aromatic nitrogens is 1. The molecule has 0 aliphatic heterocycles. The molecule has 0 aromatic carbocycles. The number of rotatable bonds is 3. The maximum Gasteiger partial charge on any atom is 0.110 e. The molecular formula is C11H20N2S. The van der Waals surface area contributed by atoms with Crippen LogP contribution in [0.3, 0.4) is 0 Å². The van der Waals surface area contributed by atoms with E-state index in [1.54, 1.807) is 11.3 Å². The van der Waals surface area contributed by atoms with Crippen LogP contribution in [0.2, 0.25) is 0 Å². The third kappa shape index (κ3) is 2.55. The summed E-state index contributed by atoms with van der Waals surface area (Å²) in [6.45, 7) is 8.78. The Morgan fingerprint density at radius 3 is 2.50 bits per heavy atom. The summed E-state index contributed by atoms with van der Waals surface area (Å²) in [5.74, 6) is 0. The normalized spacial score (nSPS) is 14.4. The number of nitrogens with zero attached hydrogens (tertiary/aromatic N) is 1. The number of hydrogen-bond donors (Lipinski definition) is 1. The Morgan fingerprint density at radius 2 is 2.14 bits per heavy atom. The molecular weight excluding hydrogens is 192 g/mol. The third-order valence-corrected chi connectivity index (χ3v) is 3.30. The minimum Gasteiger partial charge on any atom is -0.311 e. The monoisotopic (exact) mass is 212 g/mol. The van der Waals surface area contributed by atoms with Gasteiger partial charge in [0.2, 0.25) is 0 Å². The Hall–Kier alpha value is -0.410. The van der Waals surface area contributed by atoms with Gasteiger partial charge in [-0.1, -0.05) is 27.7 Å². The molecule has 0 radical (unpaired) electrons. The molecule has 80 valence electrons. The van der Waals surface area contributed by atoms with Gasteiger partial charge < -0.3 is 5.32 Å². The maximum absolute atomic E-state index is 4.68. The lowest BCUT2D eigenvalue weighted by molar-refractivity contribution is 0.546. The van der Waals surface area contributed by atoms with Gasteiger partial charge in [-0.25, -0.2) is 4.98 Å². The van der Waals surface area contributed by atoms with Gasteiger partial charge in [0.05, 0.1) is 11.7 Å². The molecule has 1 unspecified atom stereocenters. The highest BCUT2D eigenvalue weighted by atomic mass is 32.1. The third-order valence-electron chi connectivity index (χ3n) is 2.35. The molecule has 1 aromatic rings. The predicted molar refractivity (Wildman–Crippen MR) is 62.9 cm³/mol. The summed E-state index contributed by atoms with van der Waals surface area (Å²) < 4.78 is 0. The number of hydrogen-bond acceptors (Lipinski definition) is 3. The minimum atomic E-state index is 0.167. The van der Waals surface area contributed by atoms with Crippen molar-refractivity contribution in [3.05, 3.63) is 16.1 Å². The summed E-state index contributed by atoms with van der Waals surface area (Å²) >= 11 is 1.76. The van der Waals surface area contributed by atoms with Crippen molar-refractivity contribution in [1.29, 1.82) is 0 Å². The van der Waals surface area contributed by atoms with Crippen LogP contribution >= 0.6 is 11.3 Å². The van der Waals surface area contributed by atoms with Crippen molar-refractivity contribution in [2.45, 2.75) is 45.6 Å². The molecule has 0 saturated heterocycles. The molecule has 0 amide bonds. The van der Waals surface area contributed by atoms with E-state index in [4.69, 9.17) is 0 Å². The predicted octanol–water partition coefficient (Wildman–Crippen LogP) is 3.11. The van der Waals surface area contributed by atoms with Gasteiger partial charge in [-0.2, -0.15) is 0 Å². The molecule has 0 aliphatic rings. The van der Waals surface area contributed by atoms with E-state index in [0.29, 0.717) is 6.04 Å². The molecule has 1 heterocycles. The molecule has 3 heteroatoms. The lowest BCUT2D eigenvalue weighted by atomic mass is 9.93. The van der Waals surface area contributed by atoms with Gasteiger partial charge in [-0.15, -0.1) is 11.3 Å². The van der Waals surface area contributed by atoms with E-state index in [1.165, 1.54) is 10.7 Å². The topological polar surface area (TPSA) is 24.9 Å². The Morgan fingerprint density at radius 1 is 1.50 bits per heavy atom. The first kappa shape index (κ1) is 11.7. The molecule has 1 N–H and O–H groups in total. The SMILES string of the molecule is CCC(NC)c1nc(C(C)(C)C)cs1. The van der Waals surface area contributed by atoms with Crippen molar-refractivity contribution in [1.82, 2.24) is 10.3 Å². The highest BCUT2D eigenvalue weighted by Crippen LogP contribution is 2.27. The van der Waals surface area contributed by atoms with Crippen molar-refractivity contribution < 1.29 is 0 Å². The molecule has 0 bridgehead atoms. The summed E-state index contributed by atoms with van der Waals surface area (Å²) in [6, 6.07) is 0.413. The van der Waals surface area contributed by atoms with Crippen LogP contribution in [-0.4, -0.2) is 12.0 Å². The summed E-state index contributed by atoms with van der Waals surface area (Å²) in [7, 11) is 1.99. The molecule has 0 spiro atoms. The number of nitrogens with one attached hydrogen (secondary N) is 1. The summed E-state index contributed by atoms with van der Waals surface area (Å²) in [4.78, 5) is 4.68. The fraction of sp³-hybridized carbons (Fsp3) is 0.727. The van der Waals surface area contributed by atoms with Crippen molar-refractivity contribution in [2.75, 3.05) is 7.05 Å². The second-order valence-electron chi connectivity index (χ2n) is 4.57. The molecule has 2 nitrogen and oxygen atoms in total. The van der Waals surface area contributed by atoms with E-state index in [-0.39, 0.29) is 5.41 Å². The first-order chi connectivity index (χ1) is 6.49. The lowest BCUT2D eigenvalue weighted by Crippen LogP contribution is -2.16. The molecule has 1 atom stereocenters. The quantitative estimate of drug-likeness (QED) is 0.832. The Balaban J connectivity index is 2.87. The average Bonchev–Trinajstić information content (AvgIpc) is 2.54. The van der Waals surface area contributed by atoms with Crippen LogP contribution in [0, 0.1) is 0 Å². The Kier molecular flexibility index (Phi) is 3.67. The van der Waals surface area contributed by atoms with E-state index in [9.17, 15) is 0 Å². The van der Waals surface area contributed by atoms with Gasteiger partial charge in [-0.3, -0.25) is 0 Å². The Labute approximate surface area is 90.8 Å². The van der Waals surface area contributed by atoms with Crippen LogP contribution in [0.1, 0.15) is 50.9 Å². The van der Waals surface area contributed by atoms with Crippen molar-refractivity contribution in [3.8, 4) is 0 Å². The molecule has 1 aromatic heterocycles. The van der Waals surface area contributed by atoms with Crippen LogP contribution < -0.4 is 5.32 Å². The van der Waals surface area contributed by atoms with Crippen LogP contribution in [0.4, 0.5) is 0 Å². The highest BCUT2D eigenvalue weighted by molar-refractivity contribution is 7.09. The van der Waals surface area contributed by atoms with Gasteiger partial charge in [0.15, 0.2) is 0 Å². The zero-order valence-electron chi connectivity index (χ0n) is 9.72. The van der Waals surface area contributed by atoms with E-state index >= 15 is 0 Å². The maximum atomic E-state index is 4.68. The van der Waals surface area contributed by atoms with Crippen LogP contribution in [0.15, 0.2) is 5.38 Å². The van der Waals surface area contributed by atoms with Gasteiger partial charge in [0.1, 0.15) is 5.01 Å². The van der Waals surface area contributed by atoms with E-state index < -0.39 is 0 Å². The lowest BCUT2D eigenvalue weighted by Gasteiger charge is -2.15. The summed E-state index contributed by atoms with van der Waals surface area (Å²) in [5, 5.41) is 6.66. The van der Waals surface area contributed by atoms with Crippen LogP contribution in [-0.2, 0) is 5.41 Å². The minimum absolute atomic E-state index is 0.167. The van der Waals surface area contributed by atoms with Crippen molar-refractivity contribution in [3.63, 3.8) is 0 Å². The van der Waals surface area contributed by atoms with Crippen LogP contribution in [0.5, 0.6) is 0 Å². The summed E-state index contributed by atoms with van der Waals surface area (Å²) in [6.07, 6.45) is 1.09. The first-order valence-corrected chi connectivity index (χ1v) is 6.00. The second-order valence-corrected chi connectivity index (χ2v) is 5.46. The fourth-order valence-corrected chi connectivity index (χ4v) is 2.53. The van der Waals surface area contributed by atoms with E-state index in [1.807, 2.05) is 7.05 Å². The molecule has 0 aliphatic carbocycles. The molecule has 0 saturated carbocycles. The standard InChI is InChI=1S/C11H20N2S/c1-6-8(12-5)10-13-9(7-14-10)11(2,3)4/h7-8,12H,6H2,1-5H3. The Bertz CT molecular complexity index is 282. The van der Waals surface area contributed by atoms with E-state index in [2.05, 4.69) is 43.4 Å². The largest absolute Gasteiger partial charge is 0.311 e. The second kappa shape index (κ2) is 4.41. The van der Waals surface area contributed by atoms with Crippen LogP contribution in [0.25, 0.3) is 0 Å². The van der Waals surface area contributed by atoms with Gasteiger partial charge >= 0.3 is 0 Å². The van der Waals surface area contributed by atoms with E-state index in [0.717, 1.165) is 6.42 Å². The van der Waals surface area contributed by atoms with Gasteiger partial charge in [0, 0.05) is 10.8 Å². The average molecular weight is 212 g/mol. The van der Waals surface area contributed by atoms with Gasteiger partial charge in [0.25, 0.3) is 0 Å². The van der Waals surface area contributed by atoms with Crippen molar-refractivity contribution >= 4 is 11.3 Å².